The molecule has 0 saturated heterocycles. The minimum absolute atomic E-state index is 0.186. The van der Waals surface area contributed by atoms with Crippen LogP contribution in [0.2, 0.25) is 0 Å². The fraction of sp³-hybridized carbons (Fsp3) is 0.261. The van der Waals surface area contributed by atoms with Crippen molar-refractivity contribution in [2.45, 2.75) is 38.5 Å². The summed E-state index contributed by atoms with van der Waals surface area (Å²) in [5.74, 6) is 0.666. The number of thioether (sulfide) groups is 1. The summed E-state index contributed by atoms with van der Waals surface area (Å²) < 4.78 is 8.44. The van der Waals surface area contributed by atoms with E-state index >= 15 is 0 Å². The number of hydrogen-bond acceptors (Lipinski definition) is 6. The van der Waals surface area contributed by atoms with Gasteiger partial charge in [0.2, 0.25) is 11.1 Å². The Morgan fingerprint density at radius 3 is 2.50 bits per heavy atom. The van der Waals surface area contributed by atoms with Crippen molar-refractivity contribution in [1.82, 2.24) is 10.1 Å². The lowest BCUT2D eigenvalue weighted by molar-refractivity contribution is -0.763. The number of H-pyrrole nitrogens is 1. The minimum Gasteiger partial charge on any atom is -0.424 e. The van der Waals surface area contributed by atoms with Crippen LogP contribution in [0.4, 0.5) is 5.69 Å². The molecule has 34 heavy (non-hydrogen) atoms. The SMILES string of the molecule is CCCSc1n[n+]2c(c(=O)[nH]1)-c1ccccc1N(C(C)=O)[C@H]2c1cc(I)c(OC(C)=O)c(I)c1. The van der Waals surface area contributed by atoms with Crippen LogP contribution in [0.3, 0.4) is 0 Å². The highest BCUT2D eigenvalue weighted by atomic mass is 127. The number of carbonyl (C=O) groups is 2. The van der Waals surface area contributed by atoms with Gasteiger partial charge in [-0.1, -0.05) is 30.8 Å². The van der Waals surface area contributed by atoms with E-state index in [4.69, 9.17) is 9.84 Å². The number of para-hydroxylation sites is 1. The zero-order valence-electron chi connectivity index (χ0n) is 18.6. The molecule has 8 nitrogen and oxygen atoms in total. The molecule has 2 heterocycles. The van der Waals surface area contributed by atoms with Crippen LogP contribution in [-0.2, 0) is 9.59 Å². The van der Waals surface area contributed by atoms with E-state index < -0.39 is 12.1 Å². The summed E-state index contributed by atoms with van der Waals surface area (Å²) in [4.78, 5) is 42.4. The normalized spacial score (nSPS) is 14.4. The predicted molar refractivity (Wildman–Crippen MR) is 146 cm³/mol. The van der Waals surface area contributed by atoms with E-state index in [1.165, 1.54) is 25.6 Å². The molecule has 11 heteroatoms. The monoisotopic (exact) mass is 703 g/mol. The molecule has 0 unspecified atom stereocenters. The van der Waals surface area contributed by atoms with Crippen molar-refractivity contribution in [3.8, 4) is 17.0 Å². The quantitative estimate of drug-likeness (QED) is 0.140. The van der Waals surface area contributed by atoms with Crippen molar-refractivity contribution in [1.29, 1.82) is 0 Å². The van der Waals surface area contributed by atoms with Crippen LogP contribution in [0.5, 0.6) is 5.75 Å². The number of anilines is 1. The zero-order valence-corrected chi connectivity index (χ0v) is 23.7. The highest BCUT2D eigenvalue weighted by Gasteiger charge is 2.45. The number of ether oxygens (including phenoxy) is 1. The van der Waals surface area contributed by atoms with Crippen LogP contribution in [0, 0.1) is 7.14 Å². The molecule has 4 rings (SSSR count). The number of amides is 1. The summed E-state index contributed by atoms with van der Waals surface area (Å²) in [7, 11) is 0. The number of nitrogens with zero attached hydrogens (tertiary/aromatic N) is 3. The van der Waals surface area contributed by atoms with Crippen LogP contribution < -0.4 is 19.9 Å². The number of aromatic nitrogens is 3. The first kappa shape index (κ1) is 25.1. The summed E-state index contributed by atoms with van der Waals surface area (Å²) in [6, 6.07) is 11.0. The molecular weight excluding hydrogens is 682 g/mol. The number of rotatable bonds is 5. The first-order chi connectivity index (χ1) is 16.2. The minimum atomic E-state index is -0.695. The Hall–Kier alpha value is -2.00. The Bertz CT molecular complexity index is 1340. The Morgan fingerprint density at radius 2 is 1.88 bits per heavy atom. The van der Waals surface area contributed by atoms with E-state index in [2.05, 4.69) is 57.1 Å². The molecule has 1 aliphatic heterocycles. The largest absolute Gasteiger partial charge is 0.424 e. The summed E-state index contributed by atoms with van der Waals surface area (Å²) in [5.41, 5.74) is 2.12. The van der Waals surface area contributed by atoms with Gasteiger partial charge in [-0.15, -0.1) is 0 Å². The molecule has 1 aliphatic rings. The van der Waals surface area contributed by atoms with Gasteiger partial charge in [-0.3, -0.25) is 19.4 Å². The Kier molecular flexibility index (Phi) is 7.62. The molecule has 0 saturated carbocycles. The van der Waals surface area contributed by atoms with Gasteiger partial charge in [-0.05, 0) is 80.5 Å². The topological polar surface area (TPSA) is 96.2 Å². The van der Waals surface area contributed by atoms with Crippen molar-refractivity contribution < 1.29 is 19.0 Å². The average molecular weight is 703 g/mol. The van der Waals surface area contributed by atoms with E-state index in [-0.39, 0.29) is 11.5 Å². The van der Waals surface area contributed by atoms with E-state index in [1.54, 1.807) is 9.58 Å². The smallest absolute Gasteiger partial charge is 0.325 e. The highest BCUT2D eigenvalue weighted by Crippen LogP contribution is 2.39. The fourth-order valence-corrected chi connectivity index (χ4v) is 6.59. The van der Waals surface area contributed by atoms with Gasteiger partial charge in [0.05, 0.1) is 18.4 Å². The second-order valence-electron chi connectivity index (χ2n) is 7.59. The van der Waals surface area contributed by atoms with Gasteiger partial charge >= 0.3 is 17.2 Å². The van der Waals surface area contributed by atoms with E-state index in [9.17, 15) is 14.4 Å². The first-order valence-electron chi connectivity index (χ1n) is 10.5. The van der Waals surface area contributed by atoms with Crippen LogP contribution in [0.25, 0.3) is 11.3 Å². The van der Waals surface area contributed by atoms with Crippen molar-refractivity contribution in [2.75, 3.05) is 10.7 Å². The average Bonchev–Trinajstić information content (AvgIpc) is 2.78. The standard InChI is InChI=1S/C23H20I2N4O4S/c1-4-9-34-23-26-21(32)19-15-7-5-6-8-18(15)28(12(2)30)22(29(19)27-23)14-10-16(24)20(17(25)11-14)33-13(3)31/h5-8,10-11,22H,4,9H2,1-3H3/p+1/t22-/m1/s1. The van der Waals surface area contributed by atoms with Crippen molar-refractivity contribution in [2.24, 2.45) is 0 Å². The molecule has 1 N–H and O–H groups in total. The number of fused-ring (bicyclic) bond motifs is 3. The van der Waals surface area contributed by atoms with E-state index in [0.29, 0.717) is 35.0 Å². The number of halogens is 2. The zero-order chi connectivity index (χ0) is 24.6. The first-order valence-corrected chi connectivity index (χ1v) is 13.6. The molecule has 0 bridgehead atoms. The summed E-state index contributed by atoms with van der Waals surface area (Å²) >= 11 is 5.68. The van der Waals surface area contributed by atoms with E-state index in [1.807, 2.05) is 36.4 Å². The maximum Gasteiger partial charge on any atom is 0.325 e. The third-order valence-electron chi connectivity index (χ3n) is 5.10. The predicted octanol–water partition coefficient (Wildman–Crippen LogP) is 4.27. The van der Waals surface area contributed by atoms with E-state index in [0.717, 1.165) is 17.7 Å². The number of hydrogen-bond donors (Lipinski definition) is 1. The van der Waals surface area contributed by atoms with Gasteiger partial charge in [-0.25, -0.2) is 4.90 Å². The molecule has 3 aromatic rings. The Balaban J connectivity index is 2.00. The van der Waals surface area contributed by atoms with Gasteiger partial charge in [-0.2, -0.15) is 0 Å². The maximum absolute atomic E-state index is 13.3. The second kappa shape index (κ2) is 10.3. The molecule has 0 aliphatic carbocycles. The molecule has 1 amide bonds. The third kappa shape index (κ3) is 4.73. The van der Waals surface area contributed by atoms with Crippen LogP contribution in [0.1, 0.15) is 38.9 Å². The Morgan fingerprint density at radius 1 is 1.21 bits per heavy atom. The summed E-state index contributed by atoms with van der Waals surface area (Å²) in [5, 5.41) is 5.26. The molecule has 1 atom stereocenters. The van der Waals surface area contributed by atoms with Crippen molar-refractivity contribution in [3.63, 3.8) is 0 Å². The molecule has 0 spiro atoms. The van der Waals surface area contributed by atoms with Crippen LogP contribution >= 0.6 is 56.9 Å². The maximum atomic E-state index is 13.3. The van der Waals surface area contributed by atoms with Gasteiger partial charge in [0.1, 0.15) is 0 Å². The second-order valence-corrected chi connectivity index (χ2v) is 11.0. The number of aromatic amines is 1. The molecule has 0 radical (unpaired) electrons. The summed E-state index contributed by atoms with van der Waals surface area (Å²) in [6.07, 6.45) is 0.231. The molecule has 2 aromatic carbocycles. The molecular formula is C23H21I2N4O4S+. The van der Waals surface area contributed by atoms with Gasteiger partial charge < -0.3 is 4.74 Å². The molecule has 1 aromatic heterocycles. The Labute approximate surface area is 227 Å². The van der Waals surface area contributed by atoms with Crippen LogP contribution in [0.15, 0.2) is 46.3 Å². The lowest BCUT2D eigenvalue weighted by Gasteiger charge is -2.31. The molecule has 0 fully saturated rings. The number of esters is 1. The number of benzene rings is 2. The van der Waals surface area contributed by atoms with Gasteiger partial charge in [0, 0.05) is 30.3 Å². The van der Waals surface area contributed by atoms with Crippen LogP contribution in [-0.4, -0.2) is 27.7 Å². The third-order valence-corrected chi connectivity index (χ3v) is 7.78. The lowest BCUT2D eigenvalue weighted by atomic mass is 10.0. The highest BCUT2D eigenvalue weighted by molar-refractivity contribution is 14.1. The lowest BCUT2D eigenvalue weighted by Crippen LogP contribution is -2.60. The van der Waals surface area contributed by atoms with Crippen molar-refractivity contribution >= 4 is 74.5 Å². The number of carbonyl (C=O) groups excluding carboxylic acids is 2. The number of nitrogens with one attached hydrogen (secondary N) is 1. The van der Waals surface area contributed by atoms with Gasteiger partial charge in [0.25, 0.3) is 6.17 Å². The van der Waals surface area contributed by atoms with Crippen molar-refractivity contribution in [3.05, 3.63) is 59.5 Å². The van der Waals surface area contributed by atoms with Gasteiger partial charge in [0.15, 0.2) is 5.75 Å². The molecule has 176 valence electrons. The summed E-state index contributed by atoms with van der Waals surface area (Å²) in [6.45, 7) is 4.91. The fourth-order valence-electron chi connectivity index (χ4n) is 3.85.